The molecule has 2 aromatic rings. The van der Waals surface area contributed by atoms with Crippen LogP contribution in [0.15, 0.2) is 34.8 Å². The molecule has 1 unspecified atom stereocenters. The standard InChI is InChI=1S/C14H11BrF3N3O/c1-13(8-3-2-4-9(15)5-8)11-6-10(14(16,17)18)20-21(11)7-12(22)19-13/h2-6H,7H2,1H3,(H,19,22). The van der Waals surface area contributed by atoms with E-state index in [1.165, 1.54) is 0 Å². The van der Waals surface area contributed by atoms with Gasteiger partial charge in [0.2, 0.25) is 5.91 Å². The number of alkyl halides is 3. The molecular formula is C14H11BrF3N3O. The number of amides is 1. The van der Waals surface area contributed by atoms with Gasteiger partial charge in [-0.15, -0.1) is 0 Å². The molecule has 0 aliphatic carbocycles. The quantitative estimate of drug-likeness (QED) is 0.834. The molecule has 22 heavy (non-hydrogen) atoms. The predicted molar refractivity (Wildman–Crippen MR) is 76.0 cm³/mol. The van der Waals surface area contributed by atoms with Crippen LogP contribution in [0.3, 0.4) is 0 Å². The zero-order valence-corrected chi connectivity index (χ0v) is 13.0. The Kier molecular flexibility index (Phi) is 3.32. The average molecular weight is 374 g/mol. The highest BCUT2D eigenvalue weighted by molar-refractivity contribution is 9.10. The van der Waals surface area contributed by atoms with E-state index < -0.39 is 17.4 Å². The number of carbonyl (C=O) groups excluding carboxylic acids is 1. The summed E-state index contributed by atoms with van der Waals surface area (Å²) in [6, 6.07) is 8.06. The van der Waals surface area contributed by atoms with Crippen molar-refractivity contribution in [3.63, 3.8) is 0 Å². The van der Waals surface area contributed by atoms with E-state index in [1.54, 1.807) is 31.2 Å². The van der Waals surface area contributed by atoms with Crippen LogP contribution in [0.4, 0.5) is 13.2 Å². The van der Waals surface area contributed by atoms with E-state index in [2.05, 4.69) is 26.3 Å². The normalized spacial score (nSPS) is 21.4. The Balaban J connectivity index is 2.19. The van der Waals surface area contributed by atoms with E-state index >= 15 is 0 Å². The molecule has 3 rings (SSSR count). The molecule has 1 aromatic heterocycles. The van der Waals surface area contributed by atoms with E-state index in [9.17, 15) is 18.0 Å². The van der Waals surface area contributed by atoms with Crippen molar-refractivity contribution in [3.05, 3.63) is 51.8 Å². The zero-order chi connectivity index (χ0) is 16.1. The number of benzene rings is 1. The van der Waals surface area contributed by atoms with Gasteiger partial charge in [0.25, 0.3) is 0 Å². The highest BCUT2D eigenvalue weighted by atomic mass is 79.9. The third kappa shape index (κ3) is 2.41. The number of nitrogens with zero attached hydrogens (tertiary/aromatic N) is 2. The Morgan fingerprint density at radius 3 is 2.73 bits per heavy atom. The lowest BCUT2D eigenvalue weighted by molar-refractivity contribution is -0.141. The molecule has 0 saturated carbocycles. The van der Waals surface area contributed by atoms with Crippen LogP contribution in [-0.4, -0.2) is 15.7 Å². The summed E-state index contributed by atoms with van der Waals surface area (Å²) in [7, 11) is 0. The maximum absolute atomic E-state index is 12.9. The van der Waals surface area contributed by atoms with Crippen LogP contribution in [0.2, 0.25) is 0 Å². The smallest absolute Gasteiger partial charge is 0.340 e. The maximum Gasteiger partial charge on any atom is 0.435 e. The third-order valence-corrected chi connectivity index (χ3v) is 4.16. The summed E-state index contributed by atoms with van der Waals surface area (Å²) in [6.07, 6.45) is -4.55. The number of hydrogen-bond acceptors (Lipinski definition) is 2. The van der Waals surface area contributed by atoms with Crippen LogP contribution in [0.5, 0.6) is 0 Å². The lowest BCUT2D eigenvalue weighted by Gasteiger charge is -2.35. The van der Waals surface area contributed by atoms with Crippen molar-refractivity contribution in [1.82, 2.24) is 15.1 Å². The Morgan fingerprint density at radius 2 is 2.09 bits per heavy atom. The third-order valence-electron chi connectivity index (χ3n) is 3.67. The molecule has 0 bridgehead atoms. The van der Waals surface area contributed by atoms with E-state index in [0.717, 1.165) is 15.2 Å². The number of aromatic nitrogens is 2. The SMILES string of the molecule is CC1(c2cccc(Br)c2)NC(=O)Cn2nc(C(F)(F)F)cc21. The fraction of sp³-hybridized carbons (Fsp3) is 0.286. The predicted octanol–water partition coefficient (Wildman–Crippen LogP) is 3.06. The molecule has 4 nitrogen and oxygen atoms in total. The van der Waals surface area contributed by atoms with Gasteiger partial charge < -0.3 is 5.32 Å². The van der Waals surface area contributed by atoms with Gasteiger partial charge in [0.1, 0.15) is 12.1 Å². The topological polar surface area (TPSA) is 46.9 Å². The van der Waals surface area contributed by atoms with Gasteiger partial charge >= 0.3 is 6.18 Å². The lowest BCUT2D eigenvalue weighted by atomic mass is 9.87. The van der Waals surface area contributed by atoms with Crippen molar-refractivity contribution < 1.29 is 18.0 Å². The van der Waals surface area contributed by atoms with Crippen LogP contribution in [0.25, 0.3) is 0 Å². The van der Waals surface area contributed by atoms with Gasteiger partial charge in [0.15, 0.2) is 5.69 Å². The average Bonchev–Trinajstić information content (AvgIpc) is 2.83. The first-order valence-electron chi connectivity index (χ1n) is 6.43. The summed E-state index contributed by atoms with van der Waals surface area (Å²) in [5, 5.41) is 6.30. The van der Waals surface area contributed by atoms with E-state index in [1.807, 2.05) is 0 Å². The summed E-state index contributed by atoms with van der Waals surface area (Å²) in [5.41, 5.74) is -1.10. The Bertz CT molecular complexity index is 756. The van der Waals surface area contributed by atoms with E-state index in [0.29, 0.717) is 11.3 Å². The summed E-state index contributed by atoms with van der Waals surface area (Å²) >= 11 is 3.33. The Hall–Kier alpha value is -1.83. The van der Waals surface area contributed by atoms with Crippen molar-refractivity contribution in [2.24, 2.45) is 0 Å². The molecule has 1 aromatic carbocycles. The van der Waals surface area contributed by atoms with Crippen LogP contribution in [0.1, 0.15) is 23.9 Å². The highest BCUT2D eigenvalue weighted by Crippen LogP contribution is 2.37. The number of hydrogen-bond donors (Lipinski definition) is 1. The highest BCUT2D eigenvalue weighted by Gasteiger charge is 2.43. The molecule has 0 saturated heterocycles. The molecule has 8 heteroatoms. The van der Waals surface area contributed by atoms with Crippen LogP contribution in [0, 0.1) is 0 Å². The zero-order valence-electron chi connectivity index (χ0n) is 11.4. The molecule has 1 amide bonds. The van der Waals surface area contributed by atoms with Gasteiger partial charge in [-0.05, 0) is 30.7 Å². The van der Waals surface area contributed by atoms with Crippen molar-refractivity contribution in [2.45, 2.75) is 25.2 Å². The molecule has 0 radical (unpaired) electrons. The van der Waals surface area contributed by atoms with Crippen molar-refractivity contribution in [3.8, 4) is 0 Å². The fourth-order valence-corrected chi connectivity index (χ4v) is 3.02. The first-order chi connectivity index (χ1) is 10.2. The molecule has 0 spiro atoms. The van der Waals surface area contributed by atoms with Crippen molar-refractivity contribution >= 4 is 21.8 Å². The van der Waals surface area contributed by atoms with Crippen molar-refractivity contribution in [2.75, 3.05) is 0 Å². The molecule has 1 atom stereocenters. The minimum atomic E-state index is -4.55. The van der Waals surface area contributed by atoms with E-state index in [-0.39, 0.29) is 12.5 Å². The Labute approximate surface area is 132 Å². The maximum atomic E-state index is 12.9. The fourth-order valence-electron chi connectivity index (χ4n) is 2.62. The van der Waals surface area contributed by atoms with E-state index in [4.69, 9.17) is 0 Å². The number of fused-ring (bicyclic) bond motifs is 1. The molecule has 1 N–H and O–H groups in total. The van der Waals surface area contributed by atoms with Crippen LogP contribution < -0.4 is 5.32 Å². The van der Waals surface area contributed by atoms with Gasteiger partial charge in [-0.3, -0.25) is 9.48 Å². The van der Waals surface area contributed by atoms with Gasteiger partial charge in [0, 0.05) is 4.47 Å². The Morgan fingerprint density at radius 1 is 1.36 bits per heavy atom. The first kappa shape index (κ1) is 15.1. The van der Waals surface area contributed by atoms with Gasteiger partial charge in [-0.2, -0.15) is 18.3 Å². The van der Waals surface area contributed by atoms with Crippen LogP contribution in [-0.2, 0) is 23.1 Å². The number of nitrogens with one attached hydrogen (secondary N) is 1. The largest absolute Gasteiger partial charge is 0.435 e. The lowest BCUT2D eigenvalue weighted by Crippen LogP contribution is -2.51. The summed E-state index contributed by atoms with van der Waals surface area (Å²) in [6.45, 7) is 1.44. The minimum absolute atomic E-state index is 0.227. The number of carbonyl (C=O) groups is 1. The molecule has 0 fully saturated rings. The summed E-state index contributed by atoms with van der Waals surface area (Å²) < 4.78 is 40.6. The second-order valence-corrected chi connectivity index (χ2v) is 6.17. The molecule has 2 heterocycles. The van der Waals surface area contributed by atoms with Crippen LogP contribution >= 0.6 is 15.9 Å². The number of halogens is 4. The summed E-state index contributed by atoms with van der Waals surface area (Å²) in [5.74, 6) is -0.383. The molecule has 1 aliphatic rings. The number of rotatable bonds is 1. The minimum Gasteiger partial charge on any atom is -0.340 e. The molecule has 116 valence electrons. The van der Waals surface area contributed by atoms with Gasteiger partial charge in [-0.25, -0.2) is 0 Å². The van der Waals surface area contributed by atoms with Gasteiger partial charge in [-0.1, -0.05) is 28.1 Å². The molecular weight excluding hydrogens is 363 g/mol. The molecule has 1 aliphatic heterocycles. The van der Waals surface area contributed by atoms with Crippen molar-refractivity contribution in [1.29, 1.82) is 0 Å². The summed E-state index contributed by atoms with van der Waals surface area (Å²) in [4.78, 5) is 11.9. The monoisotopic (exact) mass is 373 g/mol. The first-order valence-corrected chi connectivity index (χ1v) is 7.22. The second-order valence-electron chi connectivity index (χ2n) is 5.25. The second kappa shape index (κ2) is 4.84. The van der Waals surface area contributed by atoms with Gasteiger partial charge in [0.05, 0.1) is 5.69 Å².